The highest BCUT2D eigenvalue weighted by Crippen LogP contribution is 2.36. The zero-order chi connectivity index (χ0) is 22.4. The van der Waals surface area contributed by atoms with E-state index in [2.05, 4.69) is 4.90 Å². The molecule has 2 aromatic rings. The lowest BCUT2D eigenvalue weighted by Gasteiger charge is -2.36. The molecule has 0 saturated carbocycles. The Morgan fingerprint density at radius 2 is 1.61 bits per heavy atom. The number of ether oxygens (including phenoxy) is 4. The first-order chi connectivity index (χ1) is 15.0. The number of nitrogens with zero attached hydrogens (tertiary/aromatic N) is 2. The summed E-state index contributed by atoms with van der Waals surface area (Å²) in [4.78, 5) is 28.8. The summed E-state index contributed by atoms with van der Waals surface area (Å²) in [7, 11) is 4.53. The van der Waals surface area contributed by atoms with Gasteiger partial charge >= 0.3 is 5.97 Å². The van der Waals surface area contributed by atoms with Gasteiger partial charge in [-0.15, -0.1) is 0 Å². The van der Waals surface area contributed by atoms with Gasteiger partial charge in [-0.2, -0.15) is 0 Å². The predicted octanol–water partition coefficient (Wildman–Crippen LogP) is 2.87. The highest BCUT2D eigenvalue weighted by Gasteiger charge is 2.24. The van der Waals surface area contributed by atoms with Crippen molar-refractivity contribution < 1.29 is 28.5 Å². The minimum absolute atomic E-state index is 0.177. The Hall–Kier alpha value is -3.13. The van der Waals surface area contributed by atoms with Crippen molar-refractivity contribution in [3.8, 4) is 17.2 Å². The zero-order valence-electron chi connectivity index (χ0n) is 17.7. The number of halogens is 1. The van der Waals surface area contributed by atoms with Gasteiger partial charge in [0.2, 0.25) is 0 Å². The summed E-state index contributed by atoms with van der Waals surface area (Å²) in [5.41, 5.74) is 1.17. The van der Waals surface area contributed by atoms with E-state index in [-0.39, 0.29) is 23.1 Å². The number of amides is 1. The molecule has 0 atom stereocenters. The van der Waals surface area contributed by atoms with Gasteiger partial charge in [-0.25, -0.2) is 4.79 Å². The van der Waals surface area contributed by atoms with E-state index in [1.165, 1.54) is 26.4 Å². The van der Waals surface area contributed by atoms with Gasteiger partial charge in [0.1, 0.15) is 5.75 Å². The maximum Gasteiger partial charge on any atom is 0.338 e. The summed E-state index contributed by atoms with van der Waals surface area (Å²) in [6.07, 6.45) is 0. The number of methoxy groups -OCH3 is 3. The molecule has 166 valence electrons. The summed E-state index contributed by atoms with van der Waals surface area (Å²) in [6.45, 7) is 2.02. The lowest BCUT2D eigenvalue weighted by atomic mass is 10.2. The molecule has 1 heterocycles. The van der Waals surface area contributed by atoms with Gasteiger partial charge in [0.15, 0.2) is 18.1 Å². The molecule has 8 nitrogen and oxygen atoms in total. The number of hydrogen-bond acceptors (Lipinski definition) is 7. The summed E-state index contributed by atoms with van der Waals surface area (Å²) in [5.74, 6) is 0.513. The maximum absolute atomic E-state index is 12.5. The molecule has 1 aliphatic heterocycles. The Labute approximate surface area is 186 Å². The molecule has 0 aromatic heterocycles. The van der Waals surface area contributed by atoms with Crippen LogP contribution in [0.3, 0.4) is 0 Å². The van der Waals surface area contributed by atoms with E-state index >= 15 is 0 Å². The number of hydrogen-bond donors (Lipinski definition) is 0. The normalized spacial score (nSPS) is 13.5. The number of anilines is 1. The molecule has 0 aliphatic carbocycles. The van der Waals surface area contributed by atoms with Gasteiger partial charge in [-0.1, -0.05) is 23.7 Å². The van der Waals surface area contributed by atoms with Crippen LogP contribution in [0.5, 0.6) is 17.2 Å². The van der Waals surface area contributed by atoms with E-state index in [4.69, 9.17) is 30.5 Å². The fourth-order valence-corrected chi connectivity index (χ4v) is 3.71. The van der Waals surface area contributed by atoms with Crippen molar-refractivity contribution in [1.82, 2.24) is 4.90 Å². The highest BCUT2D eigenvalue weighted by molar-refractivity contribution is 6.32. The number of carbonyl (C=O) groups excluding carboxylic acids is 2. The monoisotopic (exact) mass is 448 g/mol. The predicted molar refractivity (Wildman–Crippen MR) is 117 cm³/mol. The van der Waals surface area contributed by atoms with Gasteiger partial charge in [0.05, 0.1) is 37.6 Å². The minimum atomic E-state index is -0.663. The third-order valence-electron chi connectivity index (χ3n) is 5.05. The van der Waals surface area contributed by atoms with Crippen molar-refractivity contribution in [3.63, 3.8) is 0 Å². The summed E-state index contributed by atoms with van der Waals surface area (Å²) < 4.78 is 21.0. The van der Waals surface area contributed by atoms with Crippen LogP contribution in [0.4, 0.5) is 5.69 Å². The topological polar surface area (TPSA) is 77.5 Å². The average molecular weight is 449 g/mol. The number of para-hydroxylation sites is 2. The standard InChI is InChI=1S/C22H25ClN2O6/c1-28-18-7-5-4-6-17(18)24-8-10-25(11-9-24)20(26)14-31-22(27)15-12-16(23)21(30-3)19(13-15)29-2/h4-7,12-13H,8-11,14H2,1-3H3. The molecule has 2 aromatic carbocycles. The number of piperazine rings is 1. The van der Waals surface area contributed by atoms with Gasteiger partial charge < -0.3 is 28.7 Å². The third kappa shape index (κ3) is 5.14. The van der Waals surface area contributed by atoms with Crippen molar-refractivity contribution in [2.24, 2.45) is 0 Å². The second-order valence-electron chi connectivity index (χ2n) is 6.81. The summed E-state index contributed by atoms with van der Waals surface area (Å²) in [5, 5.41) is 0.215. The third-order valence-corrected chi connectivity index (χ3v) is 5.33. The maximum atomic E-state index is 12.5. The first-order valence-corrected chi connectivity index (χ1v) is 10.1. The van der Waals surface area contributed by atoms with Crippen molar-refractivity contribution in [2.45, 2.75) is 0 Å². The molecule has 9 heteroatoms. The molecule has 0 bridgehead atoms. The number of esters is 1. The van der Waals surface area contributed by atoms with E-state index in [0.29, 0.717) is 37.7 Å². The Balaban J connectivity index is 1.55. The van der Waals surface area contributed by atoms with E-state index in [0.717, 1.165) is 11.4 Å². The number of carbonyl (C=O) groups is 2. The Bertz CT molecular complexity index is 944. The molecular weight excluding hydrogens is 424 g/mol. The molecule has 0 N–H and O–H groups in total. The minimum Gasteiger partial charge on any atom is -0.495 e. The molecule has 0 spiro atoms. The van der Waals surface area contributed by atoms with Crippen molar-refractivity contribution in [2.75, 3.05) is 59.0 Å². The van der Waals surface area contributed by atoms with Crippen LogP contribution in [0.15, 0.2) is 36.4 Å². The van der Waals surface area contributed by atoms with Crippen molar-refractivity contribution in [3.05, 3.63) is 47.0 Å². The highest BCUT2D eigenvalue weighted by atomic mass is 35.5. The van der Waals surface area contributed by atoms with E-state index in [1.54, 1.807) is 12.0 Å². The van der Waals surface area contributed by atoms with Crippen LogP contribution in [0.2, 0.25) is 5.02 Å². The average Bonchev–Trinajstić information content (AvgIpc) is 2.81. The van der Waals surface area contributed by atoms with Crippen LogP contribution in [-0.4, -0.2) is 70.9 Å². The van der Waals surface area contributed by atoms with E-state index in [9.17, 15) is 9.59 Å². The fourth-order valence-electron chi connectivity index (χ4n) is 3.43. The smallest absolute Gasteiger partial charge is 0.338 e. The van der Waals surface area contributed by atoms with Crippen LogP contribution >= 0.6 is 11.6 Å². The lowest BCUT2D eigenvalue weighted by molar-refractivity contribution is -0.134. The summed E-state index contributed by atoms with van der Waals surface area (Å²) >= 11 is 6.13. The van der Waals surface area contributed by atoms with E-state index in [1.807, 2.05) is 24.3 Å². The number of rotatable bonds is 7. The van der Waals surface area contributed by atoms with Gasteiger partial charge in [-0.05, 0) is 24.3 Å². The fraction of sp³-hybridized carbons (Fsp3) is 0.364. The second kappa shape index (κ2) is 10.3. The van der Waals surface area contributed by atoms with Crippen LogP contribution < -0.4 is 19.1 Å². The Morgan fingerprint density at radius 3 is 2.26 bits per heavy atom. The second-order valence-corrected chi connectivity index (χ2v) is 7.22. The first-order valence-electron chi connectivity index (χ1n) is 9.72. The quantitative estimate of drug-likeness (QED) is 0.603. The molecule has 0 radical (unpaired) electrons. The SMILES string of the molecule is COc1ccccc1N1CCN(C(=O)COC(=O)c2cc(Cl)c(OC)c(OC)c2)CC1. The van der Waals surface area contributed by atoms with Crippen molar-refractivity contribution in [1.29, 1.82) is 0 Å². The van der Waals surface area contributed by atoms with Gasteiger partial charge in [0, 0.05) is 26.2 Å². The molecule has 1 amide bonds. The molecule has 1 aliphatic rings. The van der Waals surface area contributed by atoms with Gasteiger partial charge in [-0.3, -0.25) is 4.79 Å². The molecule has 1 saturated heterocycles. The van der Waals surface area contributed by atoms with E-state index < -0.39 is 5.97 Å². The van der Waals surface area contributed by atoms with Crippen molar-refractivity contribution >= 4 is 29.2 Å². The van der Waals surface area contributed by atoms with Crippen LogP contribution in [0, 0.1) is 0 Å². The lowest BCUT2D eigenvalue weighted by Crippen LogP contribution is -2.50. The molecular formula is C22H25ClN2O6. The Morgan fingerprint density at radius 1 is 0.935 bits per heavy atom. The Kier molecular flexibility index (Phi) is 7.46. The van der Waals surface area contributed by atoms with Crippen LogP contribution in [-0.2, 0) is 9.53 Å². The zero-order valence-corrected chi connectivity index (χ0v) is 18.5. The van der Waals surface area contributed by atoms with Crippen LogP contribution in [0.1, 0.15) is 10.4 Å². The molecule has 31 heavy (non-hydrogen) atoms. The summed E-state index contributed by atoms with van der Waals surface area (Å²) in [6, 6.07) is 10.7. The molecule has 0 unspecified atom stereocenters. The largest absolute Gasteiger partial charge is 0.495 e. The van der Waals surface area contributed by atoms with Crippen LogP contribution in [0.25, 0.3) is 0 Å². The molecule has 3 rings (SSSR count). The molecule has 1 fully saturated rings. The number of benzene rings is 2. The van der Waals surface area contributed by atoms with Gasteiger partial charge in [0.25, 0.3) is 5.91 Å². The first kappa shape index (κ1) is 22.6.